The van der Waals surface area contributed by atoms with E-state index in [1.165, 1.54) is 19.2 Å². The molecule has 0 unspecified atom stereocenters. The predicted molar refractivity (Wildman–Crippen MR) is 185 cm³/mol. The third-order valence-electron chi connectivity index (χ3n) is 8.08. The number of aliphatic hydroxyl groups is 1. The number of pyridine rings is 1. The molecule has 0 spiro atoms. The molecule has 0 aliphatic rings. The van der Waals surface area contributed by atoms with Gasteiger partial charge >= 0.3 is 12.2 Å². The van der Waals surface area contributed by atoms with Gasteiger partial charge in [0.25, 0.3) is 5.91 Å². The molecule has 4 amide bonds. The monoisotopic (exact) mass is 676 g/mol. The number of carbonyl (C=O) groups is 4. The Balaban J connectivity index is 1.93. The lowest BCUT2D eigenvalue weighted by Gasteiger charge is -2.34. The largest absolute Gasteiger partial charge is 0.465 e. The highest BCUT2D eigenvalue weighted by Crippen LogP contribution is 2.19. The normalized spacial score (nSPS) is 13.7. The number of carboxylic acid groups (broad SMARTS) is 1. The molecular weight excluding hydrogens is 628 g/mol. The van der Waals surface area contributed by atoms with E-state index < -0.39 is 48.2 Å². The van der Waals surface area contributed by atoms with E-state index in [0.717, 1.165) is 27.3 Å². The Labute approximate surface area is 287 Å². The third kappa shape index (κ3) is 11.6. The van der Waals surface area contributed by atoms with Gasteiger partial charge in [0.2, 0.25) is 5.91 Å². The molecule has 0 aliphatic carbocycles. The minimum Gasteiger partial charge on any atom is -0.465 e. The first-order chi connectivity index (χ1) is 23.3. The summed E-state index contributed by atoms with van der Waals surface area (Å²) < 4.78 is 4.72. The molecule has 49 heavy (non-hydrogen) atoms. The summed E-state index contributed by atoms with van der Waals surface area (Å²) in [6.45, 7) is 7.08. The molecule has 0 saturated heterocycles. The van der Waals surface area contributed by atoms with E-state index in [4.69, 9.17) is 4.74 Å². The standard InChI is InChI=1S/C36H48N6O7/c1-23(2)31(39-35(46)49-6)33(44)40-42(21-26-15-17-27(18-16-26)28-14-10-11-19-37-28)22-30(43)29(20-25-12-8-7-9-13-25)38-34(45)32(24(3)4)41(5)36(47)48/h7-19,23-24,29-32,43H,20-22H2,1-6H3,(H,38,45)(H,39,46)(H,40,44)(H,47,48)/t29-,30-,31-,32-/m0/s1. The average Bonchev–Trinajstić information content (AvgIpc) is 3.07. The first kappa shape index (κ1) is 38.4. The smallest absolute Gasteiger partial charge is 0.407 e. The zero-order chi connectivity index (χ0) is 36.1. The van der Waals surface area contributed by atoms with Crippen LogP contribution in [0.3, 0.4) is 0 Å². The van der Waals surface area contributed by atoms with Gasteiger partial charge in [-0.05, 0) is 41.5 Å². The maximum absolute atomic E-state index is 13.6. The predicted octanol–water partition coefficient (Wildman–Crippen LogP) is 3.69. The van der Waals surface area contributed by atoms with Gasteiger partial charge in [0.05, 0.1) is 24.9 Å². The van der Waals surface area contributed by atoms with E-state index in [1.54, 1.807) is 33.9 Å². The van der Waals surface area contributed by atoms with Crippen molar-refractivity contribution in [3.8, 4) is 11.3 Å². The molecule has 1 heterocycles. The zero-order valence-electron chi connectivity index (χ0n) is 28.9. The molecule has 3 aromatic rings. The highest BCUT2D eigenvalue weighted by atomic mass is 16.5. The van der Waals surface area contributed by atoms with Crippen LogP contribution in [0.25, 0.3) is 11.3 Å². The third-order valence-corrected chi connectivity index (χ3v) is 8.08. The topological polar surface area (TPSA) is 173 Å². The van der Waals surface area contributed by atoms with Crippen LogP contribution in [0.5, 0.6) is 0 Å². The first-order valence-corrected chi connectivity index (χ1v) is 16.2. The maximum Gasteiger partial charge on any atom is 0.407 e. The van der Waals surface area contributed by atoms with E-state index in [1.807, 2.05) is 72.8 Å². The number of alkyl carbamates (subject to hydrolysis) is 1. The van der Waals surface area contributed by atoms with Gasteiger partial charge in [-0.25, -0.2) is 14.6 Å². The zero-order valence-corrected chi connectivity index (χ0v) is 28.9. The SMILES string of the molecule is COC(=O)N[C@H](C(=O)NN(Cc1ccc(-c2ccccn2)cc1)C[C@H](O)[C@H](Cc1ccccc1)NC(=O)[C@H](C(C)C)N(C)C(=O)O)C(C)C. The van der Waals surface area contributed by atoms with Gasteiger partial charge in [-0.1, -0.05) is 88.4 Å². The lowest BCUT2D eigenvalue weighted by Crippen LogP contribution is -2.59. The van der Waals surface area contributed by atoms with E-state index in [-0.39, 0.29) is 31.3 Å². The van der Waals surface area contributed by atoms with Crippen molar-refractivity contribution in [3.05, 3.63) is 90.1 Å². The second-order valence-electron chi connectivity index (χ2n) is 12.6. The number of methoxy groups -OCH3 is 1. The van der Waals surface area contributed by atoms with Crippen LogP contribution in [0, 0.1) is 11.8 Å². The second-order valence-corrected chi connectivity index (χ2v) is 12.6. The molecule has 0 radical (unpaired) electrons. The molecule has 13 nitrogen and oxygen atoms in total. The van der Waals surface area contributed by atoms with Crippen LogP contribution in [0.1, 0.15) is 38.8 Å². The number of hydrogen-bond donors (Lipinski definition) is 5. The summed E-state index contributed by atoms with van der Waals surface area (Å²) in [4.78, 5) is 56.3. The van der Waals surface area contributed by atoms with E-state index in [0.29, 0.717) is 0 Å². The number of nitrogens with zero attached hydrogens (tertiary/aromatic N) is 3. The Morgan fingerprint density at radius 3 is 2.04 bits per heavy atom. The average molecular weight is 677 g/mol. The van der Waals surface area contributed by atoms with Crippen LogP contribution in [0.2, 0.25) is 0 Å². The lowest BCUT2D eigenvalue weighted by atomic mass is 9.98. The number of ether oxygens (including phenoxy) is 1. The van der Waals surface area contributed by atoms with Crippen molar-refractivity contribution >= 4 is 24.0 Å². The van der Waals surface area contributed by atoms with Gasteiger partial charge in [-0.15, -0.1) is 0 Å². The van der Waals surface area contributed by atoms with Crippen LogP contribution in [0.15, 0.2) is 79.0 Å². The van der Waals surface area contributed by atoms with E-state index >= 15 is 0 Å². The molecule has 13 heteroatoms. The van der Waals surface area contributed by atoms with Gasteiger partial charge in [-0.2, -0.15) is 0 Å². The molecule has 0 fully saturated rings. The van der Waals surface area contributed by atoms with Crippen molar-refractivity contribution in [1.82, 2.24) is 31.0 Å². The van der Waals surface area contributed by atoms with Crippen molar-refractivity contribution in [2.45, 2.75) is 64.9 Å². The number of aromatic nitrogens is 1. The lowest BCUT2D eigenvalue weighted by molar-refractivity contribution is -0.131. The Morgan fingerprint density at radius 2 is 1.49 bits per heavy atom. The van der Waals surface area contributed by atoms with Crippen molar-refractivity contribution in [3.63, 3.8) is 0 Å². The van der Waals surface area contributed by atoms with Gasteiger partial charge < -0.3 is 25.6 Å². The van der Waals surface area contributed by atoms with Crippen LogP contribution >= 0.6 is 0 Å². The fraction of sp³-hybridized carbons (Fsp3) is 0.417. The number of nitrogens with one attached hydrogen (secondary N) is 3. The number of aliphatic hydroxyl groups excluding tert-OH is 1. The summed E-state index contributed by atoms with van der Waals surface area (Å²) in [5, 5.41) is 28.3. The molecule has 5 N–H and O–H groups in total. The number of rotatable bonds is 16. The molecule has 3 rings (SSSR count). The summed E-state index contributed by atoms with van der Waals surface area (Å²) >= 11 is 0. The van der Waals surface area contributed by atoms with Gasteiger partial charge in [0, 0.05) is 31.9 Å². The Kier molecular flexibility index (Phi) is 14.5. The molecule has 2 aromatic carbocycles. The first-order valence-electron chi connectivity index (χ1n) is 16.2. The number of carbonyl (C=O) groups excluding carboxylic acids is 3. The number of hydrogen-bond acceptors (Lipinski definition) is 8. The Morgan fingerprint density at radius 1 is 0.837 bits per heavy atom. The van der Waals surface area contributed by atoms with Gasteiger partial charge in [0.15, 0.2) is 0 Å². The molecule has 0 saturated carbocycles. The molecule has 264 valence electrons. The van der Waals surface area contributed by atoms with Gasteiger partial charge in [-0.3, -0.25) is 24.9 Å². The van der Waals surface area contributed by atoms with Crippen LogP contribution in [0.4, 0.5) is 9.59 Å². The Hall–Kier alpha value is -5.01. The fourth-order valence-corrected chi connectivity index (χ4v) is 5.45. The molecule has 4 atom stereocenters. The summed E-state index contributed by atoms with van der Waals surface area (Å²) in [6, 6.07) is 19.7. The summed E-state index contributed by atoms with van der Waals surface area (Å²) in [5.41, 5.74) is 6.20. The minimum atomic E-state index is -1.25. The Bertz CT molecular complexity index is 1510. The van der Waals surface area contributed by atoms with Crippen molar-refractivity contribution in [2.75, 3.05) is 20.7 Å². The minimum absolute atomic E-state index is 0.129. The number of amides is 4. The summed E-state index contributed by atoms with van der Waals surface area (Å²) in [7, 11) is 2.54. The molecule has 1 aromatic heterocycles. The fourth-order valence-electron chi connectivity index (χ4n) is 5.45. The van der Waals surface area contributed by atoms with E-state index in [9.17, 15) is 29.4 Å². The summed E-state index contributed by atoms with van der Waals surface area (Å²) in [6.07, 6.45) is -1.30. The van der Waals surface area contributed by atoms with Crippen LogP contribution < -0.4 is 16.1 Å². The van der Waals surface area contributed by atoms with Crippen molar-refractivity contribution in [2.24, 2.45) is 11.8 Å². The van der Waals surface area contributed by atoms with Crippen molar-refractivity contribution in [1.29, 1.82) is 0 Å². The molecular formula is C36H48N6O7. The highest BCUT2D eigenvalue weighted by Gasteiger charge is 2.34. The van der Waals surface area contributed by atoms with Crippen LogP contribution in [-0.2, 0) is 27.3 Å². The number of hydrazine groups is 1. The molecule has 0 aliphatic heterocycles. The quantitative estimate of drug-likeness (QED) is 0.142. The molecule has 0 bridgehead atoms. The van der Waals surface area contributed by atoms with Crippen molar-refractivity contribution < 1.29 is 34.1 Å². The maximum atomic E-state index is 13.6. The van der Waals surface area contributed by atoms with E-state index in [2.05, 4.69) is 21.0 Å². The second kappa shape index (κ2) is 18.5. The van der Waals surface area contributed by atoms with Gasteiger partial charge in [0.1, 0.15) is 12.1 Å². The highest BCUT2D eigenvalue weighted by molar-refractivity contribution is 5.86. The number of likely N-dealkylation sites (N-methyl/N-ethyl adjacent to an activating group) is 1. The number of benzene rings is 2. The van der Waals surface area contributed by atoms with Crippen LogP contribution in [-0.4, -0.2) is 94.0 Å². The summed E-state index contributed by atoms with van der Waals surface area (Å²) in [5.74, 6) is -1.73.